The fourth-order valence-corrected chi connectivity index (χ4v) is 2.23. The van der Waals surface area contributed by atoms with Crippen LogP contribution in [0.1, 0.15) is 17.6 Å². The predicted octanol–water partition coefficient (Wildman–Crippen LogP) is 4.40. The van der Waals surface area contributed by atoms with E-state index in [-0.39, 0.29) is 5.56 Å². The van der Waals surface area contributed by atoms with Crippen molar-refractivity contribution in [1.29, 1.82) is 0 Å². The molecule has 0 fully saturated rings. The van der Waals surface area contributed by atoms with Gasteiger partial charge in [-0.25, -0.2) is 13.8 Å². The van der Waals surface area contributed by atoms with Crippen LogP contribution in [0, 0.1) is 0 Å². The third-order valence-electron chi connectivity index (χ3n) is 2.77. The van der Waals surface area contributed by atoms with E-state index >= 15 is 0 Å². The molecule has 0 saturated carbocycles. The van der Waals surface area contributed by atoms with Gasteiger partial charge in [0.2, 0.25) is 0 Å². The maximum atomic E-state index is 12.8. The van der Waals surface area contributed by atoms with Crippen LogP contribution in [0.2, 0.25) is 0 Å². The summed E-state index contributed by atoms with van der Waals surface area (Å²) < 4.78 is 30.9. The first-order valence-corrected chi connectivity index (χ1v) is 6.70. The van der Waals surface area contributed by atoms with Crippen LogP contribution < -0.4 is 10.1 Å². The normalized spacial score (nSPS) is 10.7. The van der Waals surface area contributed by atoms with Crippen molar-refractivity contribution in [3.05, 3.63) is 52.1 Å². The van der Waals surface area contributed by atoms with Crippen molar-refractivity contribution in [1.82, 2.24) is 4.98 Å². The monoisotopic (exact) mass is 342 g/mol. The number of aromatic nitrogens is 1. The van der Waals surface area contributed by atoms with Gasteiger partial charge in [0.25, 0.3) is 6.43 Å². The van der Waals surface area contributed by atoms with Crippen LogP contribution in [0.3, 0.4) is 0 Å². The fourth-order valence-electron chi connectivity index (χ4n) is 1.68. The zero-order valence-electron chi connectivity index (χ0n) is 10.7. The number of ether oxygens (including phenoxy) is 1. The lowest BCUT2D eigenvalue weighted by atomic mass is 10.2. The maximum absolute atomic E-state index is 12.8. The minimum atomic E-state index is -2.53. The van der Waals surface area contributed by atoms with Crippen LogP contribution in [0.25, 0.3) is 0 Å². The number of nitrogens with zero attached hydrogens (tertiary/aromatic N) is 1. The second kappa shape index (κ2) is 6.65. The molecule has 0 unspecified atom stereocenters. The van der Waals surface area contributed by atoms with Gasteiger partial charge in [-0.3, -0.25) is 0 Å². The van der Waals surface area contributed by atoms with Crippen molar-refractivity contribution >= 4 is 21.7 Å². The lowest BCUT2D eigenvalue weighted by molar-refractivity contribution is 0.150. The largest absolute Gasteiger partial charge is 0.497 e. The summed E-state index contributed by atoms with van der Waals surface area (Å²) in [6, 6.07) is 8.78. The van der Waals surface area contributed by atoms with Crippen molar-refractivity contribution in [2.24, 2.45) is 0 Å². The second-order valence-corrected chi connectivity index (χ2v) is 4.86. The molecule has 1 N–H and O–H groups in total. The molecule has 2 aromatic rings. The first-order valence-electron chi connectivity index (χ1n) is 5.91. The van der Waals surface area contributed by atoms with Crippen LogP contribution >= 0.6 is 15.9 Å². The molecule has 0 spiro atoms. The van der Waals surface area contributed by atoms with E-state index in [2.05, 4.69) is 26.2 Å². The molecule has 0 aliphatic carbocycles. The summed E-state index contributed by atoms with van der Waals surface area (Å²) >= 11 is 3.15. The van der Waals surface area contributed by atoms with Gasteiger partial charge in [0.15, 0.2) is 0 Å². The Hall–Kier alpha value is -1.69. The number of pyridine rings is 1. The number of halogens is 3. The summed E-state index contributed by atoms with van der Waals surface area (Å²) in [5, 5.41) is 3.03. The molecule has 0 amide bonds. The Morgan fingerprint density at radius 3 is 2.55 bits per heavy atom. The fraction of sp³-hybridized carbons (Fsp3) is 0.214. The van der Waals surface area contributed by atoms with E-state index in [9.17, 15) is 8.78 Å². The molecule has 0 aliphatic rings. The molecular weight excluding hydrogens is 330 g/mol. The van der Waals surface area contributed by atoms with Gasteiger partial charge in [-0.05, 0) is 39.7 Å². The number of anilines is 1. The Bertz CT molecular complexity index is 576. The van der Waals surface area contributed by atoms with Crippen LogP contribution in [0.5, 0.6) is 5.75 Å². The van der Waals surface area contributed by atoms with Crippen molar-refractivity contribution in [2.75, 3.05) is 12.4 Å². The molecule has 0 atom stereocenters. The molecular formula is C14H13BrF2N2O. The van der Waals surface area contributed by atoms with Crippen LogP contribution in [-0.2, 0) is 6.54 Å². The summed E-state index contributed by atoms with van der Waals surface area (Å²) in [4.78, 5) is 4.05. The average molecular weight is 343 g/mol. The minimum absolute atomic E-state index is 0.0720. The first kappa shape index (κ1) is 14.7. The third kappa shape index (κ3) is 3.45. The van der Waals surface area contributed by atoms with Crippen LogP contribution in [0.15, 0.2) is 41.0 Å². The van der Waals surface area contributed by atoms with E-state index in [1.807, 2.05) is 24.3 Å². The van der Waals surface area contributed by atoms with Gasteiger partial charge < -0.3 is 10.1 Å². The number of alkyl halides is 2. The molecule has 106 valence electrons. The Morgan fingerprint density at radius 2 is 1.95 bits per heavy atom. The molecule has 0 radical (unpaired) electrons. The van der Waals surface area contributed by atoms with Gasteiger partial charge in [0.1, 0.15) is 11.6 Å². The van der Waals surface area contributed by atoms with Gasteiger partial charge in [-0.1, -0.05) is 12.1 Å². The number of hydrogen-bond donors (Lipinski definition) is 1. The summed E-state index contributed by atoms with van der Waals surface area (Å²) in [5.74, 6) is 1.17. The SMILES string of the molecule is COc1ccc(CNc2nccc(C(F)F)c2Br)cc1. The van der Waals surface area contributed by atoms with Gasteiger partial charge in [0.05, 0.1) is 11.6 Å². The predicted molar refractivity (Wildman–Crippen MR) is 77.2 cm³/mol. The van der Waals surface area contributed by atoms with Crippen molar-refractivity contribution in [2.45, 2.75) is 13.0 Å². The maximum Gasteiger partial charge on any atom is 0.265 e. The van der Waals surface area contributed by atoms with Crippen molar-refractivity contribution in [3.63, 3.8) is 0 Å². The van der Waals surface area contributed by atoms with Crippen LogP contribution in [-0.4, -0.2) is 12.1 Å². The highest BCUT2D eigenvalue weighted by Crippen LogP contribution is 2.31. The molecule has 20 heavy (non-hydrogen) atoms. The lowest BCUT2D eigenvalue weighted by Gasteiger charge is -2.11. The average Bonchev–Trinajstić information content (AvgIpc) is 2.46. The molecule has 6 heteroatoms. The summed E-state index contributed by atoms with van der Waals surface area (Å²) in [6.07, 6.45) is -1.17. The quantitative estimate of drug-likeness (QED) is 0.874. The molecule has 1 aromatic carbocycles. The summed E-state index contributed by atoms with van der Waals surface area (Å²) in [6.45, 7) is 0.488. The van der Waals surface area contributed by atoms with Gasteiger partial charge in [-0.15, -0.1) is 0 Å². The van der Waals surface area contributed by atoms with E-state index in [1.165, 1.54) is 12.3 Å². The third-order valence-corrected chi connectivity index (χ3v) is 3.61. The lowest BCUT2D eigenvalue weighted by Crippen LogP contribution is -2.03. The van der Waals surface area contributed by atoms with Gasteiger partial charge >= 0.3 is 0 Å². The van der Waals surface area contributed by atoms with E-state index in [0.29, 0.717) is 16.8 Å². The van der Waals surface area contributed by atoms with Crippen molar-refractivity contribution in [3.8, 4) is 5.75 Å². The number of methoxy groups -OCH3 is 1. The Labute approximate surface area is 124 Å². The van der Waals surface area contributed by atoms with Crippen molar-refractivity contribution < 1.29 is 13.5 Å². The number of benzene rings is 1. The van der Waals surface area contributed by atoms with E-state index in [1.54, 1.807) is 7.11 Å². The smallest absolute Gasteiger partial charge is 0.265 e. The topological polar surface area (TPSA) is 34.1 Å². The standard InChI is InChI=1S/C14H13BrF2N2O/c1-20-10-4-2-9(3-5-10)8-19-14-12(15)11(13(16)17)6-7-18-14/h2-7,13H,8H2,1H3,(H,18,19). The molecule has 2 rings (SSSR count). The number of rotatable bonds is 5. The summed E-state index contributed by atoms with van der Waals surface area (Å²) in [5.41, 5.74) is 0.930. The first-order chi connectivity index (χ1) is 9.61. The van der Waals surface area contributed by atoms with E-state index < -0.39 is 6.43 Å². The molecule has 0 saturated heterocycles. The summed E-state index contributed by atoms with van der Waals surface area (Å²) in [7, 11) is 1.60. The second-order valence-electron chi connectivity index (χ2n) is 4.07. The van der Waals surface area contributed by atoms with Gasteiger partial charge in [0, 0.05) is 18.3 Å². The number of nitrogens with one attached hydrogen (secondary N) is 1. The van der Waals surface area contributed by atoms with Gasteiger partial charge in [-0.2, -0.15) is 0 Å². The Balaban J connectivity index is 2.08. The molecule has 0 bridgehead atoms. The number of hydrogen-bond acceptors (Lipinski definition) is 3. The van der Waals surface area contributed by atoms with Crippen LogP contribution in [0.4, 0.5) is 14.6 Å². The Kier molecular flexibility index (Phi) is 4.89. The van der Waals surface area contributed by atoms with E-state index in [0.717, 1.165) is 11.3 Å². The molecule has 1 heterocycles. The zero-order chi connectivity index (χ0) is 14.5. The highest BCUT2D eigenvalue weighted by Gasteiger charge is 2.14. The van der Waals surface area contributed by atoms with E-state index in [4.69, 9.17) is 4.74 Å². The molecule has 0 aliphatic heterocycles. The highest BCUT2D eigenvalue weighted by atomic mass is 79.9. The zero-order valence-corrected chi connectivity index (χ0v) is 12.3. The molecule has 3 nitrogen and oxygen atoms in total. The highest BCUT2D eigenvalue weighted by molar-refractivity contribution is 9.10. The minimum Gasteiger partial charge on any atom is -0.497 e. The Morgan fingerprint density at radius 1 is 1.25 bits per heavy atom. The molecule has 1 aromatic heterocycles.